The summed E-state index contributed by atoms with van der Waals surface area (Å²) in [5, 5.41) is 8.85. The molecular weight excluding hydrogens is 322 g/mol. The van der Waals surface area contributed by atoms with Gasteiger partial charge in [0.15, 0.2) is 11.6 Å². The van der Waals surface area contributed by atoms with E-state index in [0.717, 1.165) is 12.1 Å². The Morgan fingerprint density at radius 2 is 1.68 bits per heavy atom. The smallest absolute Gasteiger partial charge is 0.336 e. The van der Waals surface area contributed by atoms with Crippen molar-refractivity contribution in [2.45, 2.75) is 0 Å². The Kier molecular flexibility index (Phi) is 3.80. The van der Waals surface area contributed by atoms with Gasteiger partial charge in [0, 0.05) is 10.5 Å². The molecule has 0 atom stereocenters. The van der Waals surface area contributed by atoms with Gasteiger partial charge < -0.3 is 9.84 Å². The highest BCUT2D eigenvalue weighted by atomic mass is 79.9. The van der Waals surface area contributed by atoms with Crippen molar-refractivity contribution in [1.29, 1.82) is 0 Å². The van der Waals surface area contributed by atoms with Gasteiger partial charge in [-0.1, -0.05) is 0 Å². The predicted molar refractivity (Wildman–Crippen MR) is 67.5 cm³/mol. The maximum atomic E-state index is 13.0. The van der Waals surface area contributed by atoms with Crippen LogP contribution < -0.4 is 4.74 Å². The summed E-state index contributed by atoms with van der Waals surface area (Å²) in [5.41, 5.74) is 0.0811. The third-order valence-electron chi connectivity index (χ3n) is 2.30. The fourth-order valence-corrected chi connectivity index (χ4v) is 1.94. The van der Waals surface area contributed by atoms with Crippen LogP contribution in [0.25, 0.3) is 0 Å². The highest BCUT2D eigenvalue weighted by molar-refractivity contribution is 9.10. The number of carboxylic acid groups (broad SMARTS) is 1. The van der Waals surface area contributed by atoms with E-state index in [1.165, 1.54) is 24.3 Å². The molecule has 2 aromatic carbocycles. The molecule has 2 rings (SSSR count). The van der Waals surface area contributed by atoms with Crippen LogP contribution in [0.1, 0.15) is 10.4 Å². The van der Waals surface area contributed by atoms with Crippen molar-refractivity contribution < 1.29 is 23.4 Å². The summed E-state index contributed by atoms with van der Waals surface area (Å²) in [4.78, 5) is 10.8. The van der Waals surface area contributed by atoms with Crippen LogP contribution in [0.4, 0.5) is 8.78 Å². The molecule has 0 aromatic heterocycles. The van der Waals surface area contributed by atoms with Crippen LogP contribution in [-0.2, 0) is 0 Å². The first-order chi connectivity index (χ1) is 8.97. The van der Waals surface area contributed by atoms with Crippen molar-refractivity contribution in [1.82, 2.24) is 0 Å². The molecular formula is C13H7BrF2O3. The maximum absolute atomic E-state index is 13.0. The van der Waals surface area contributed by atoms with Crippen molar-refractivity contribution in [2.75, 3.05) is 0 Å². The van der Waals surface area contributed by atoms with Crippen molar-refractivity contribution in [2.24, 2.45) is 0 Å². The lowest BCUT2D eigenvalue weighted by atomic mass is 10.2. The molecule has 0 amide bonds. The monoisotopic (exact) mass is 328 g/mol. The van der Waals surface area contributed by atoms with Gasteiger partial charge in [-0.05, 0) is 46.3 Å². The first-order valence-corrected chi connectivity index (χ1v) is 5.92. The second kappa shape index (κ2) is 5.36. The van der Waals surface area contributed by atoms with Gasteiger partial charge in [0.1, 0.15) is 11.5 Å². The Morgan fingerprint density at radius 1 is 1.05 bits per heavy atom. The van der Waals surface area contributed by atoms with Crippen LogP contribution in [0.15, 0.2) is 40.9 Å². The minimum atomic E-state index is -1.08. The second-order valence-corrected chi connectivity index (χ2v) is 4.48. The second-order valence-electron chi connectivity index (χ2n) is 3.62. The zero-order valence-corrected chi connectivity index (χ0v) is 10.9. The third kappa shape index (κ3) is 3.08. The van der Waals surface area contributed by atoms with Crippen molar-refractivity contribution >= 4 is 21.9 Å². The zero-order chi connectivity index (χ0) is 14.0. The van der Waals surface area contributed by atoms with E-state index in [-0.39, 0.29) is 11.3 Å². The summed E-state index contributed by atoms with van der Waals surface area (Å²) < 4.78 is 31.4. The van der Waals surface area contributed by atoms with Crippen LogP contribution in [0.2, 0.25) is 0 Å². The van der Waals surface area contributed by atoms with Crippen LogP contribution in [-0.4, -0.2) is 11.1 Å². The first kappa shape index (κ1) is 13.5. The predicted octanol–water partition coefficient (Wildman–Crippen LogP) is 4.22. The number of rotatable bonds is 3. The number of carboxylic acids is 1. The lowest BCUT2D eigenvalue weighted by molar-refractivity contribution is 0.0696. The molecule has 3 nitrogen and oxygen atoms in total. The first-order valence-electron chi connectivity index (χ1n) is 5.13. The standard InChI is InChI=1S/C13H7BrF2O3/c14-10-5-7(1-3-9(10)13(17)18)19-8-2-4-11(15)12(16)6-8/h1-6H,(H,17,18). The Bertz CT molecular complexity index is 644. The average Bonchev–Trinajstić information content (AvgIpc) is 2.33. The molecule has 0 aliphatic rings. The molecule has 0 saturated carbocycles. The Hall–Kier alpha value is -1.95. The Labute approximate surface area is 115 Å². The molecule has 0 fully saturated rings. The number of benzene rings is 2. The number of carbonyl (C=O) groups is 1. The third-order valence-corrected chi connectivity index (χ3v) is 2.95. The average molecular weight is 329 g/mol. The minimum Gasteiger partial charge on any atom is -0.478 e. The summed E-state index contributed by atoms with van der Waals surface area (Å²) in [6.07, 6.45) is 0. The van der Waals surface area contributed by atoms with Gasteiger partial charge in [0.2, 0.25) is 0 Å². The van der Waals surface area contributed by atoms with Crippen LogP contribution in [0.5, 0.6) is 11.5 Å². The van der Waals surface area contributed by atoms with Gasteiger partial charge in [0.25, 0.3) is 0 Å². The number of ether oxygens (including phenoxy) is 1. The molecule has 1 N–H and O–H groups in total. The molecule has 0 unspecified atom stereocenters. The van der Waals surface area contributed by atoms with Gasteiger partial charge in [-0.25, -0.2) is 13.6 Å². The van der Waals surface area contributed by atoms with Gasteiger partial charge in [-0.2, -0.15) is 0 Å². The molecule has 0 bridgehead atoms. The van der Waals surface area contributed by atoms with E-state index in [1.54, 1.807) is 0 Å². The van der Waals surface area contributed by atoms with Crippen molar-refractivity contribution in [3.63, 3.8) is 0 Å². The summed E-state index contributed by atoms with van der Waals surface area (Å²) in [6, 6.07) is 7.35. The molecule has 19 heavy (non-hydrogen) atoms. The summed E-state index contributed by atoms with van der Waals surface area (Å²) in [7, 11) is 0. The Balaban J connectivity index is 2.26. The highest BCUT2D eigenvalue weighted by Gasteiger charge is 2.10. The van der Waals surface area contributed by atoms with E-state index in [4.69, 9.17) is 9.84 Å². The molecule has 0 radical (unpaired) electrons. The summed E-state index contributed by atoms with van der Waals surface area (Å²) in [6.45, 7) is 0. The molecule has 98 valence electrons. The topological polar surface area (TPSA) is 46.5 Å². The number of hydrogen-bond acceptors (Lipinski definition) is 2. The maximum Gasteiger partial charge on any atom is 0.336 e. The van der Waals surface area contributed by atoms with E-state index in [9.17, 15) is 13.6 Å². The van der Waals surface area contributed by atoms with Gasteiger partial charge in [-0.3, -0.25) is 0 Å². The molecule has 0 aliphatic heterocycles. The molecule has 0 spiro atoms. The zero-order valence-electron chi connectivity index (χ0n) is 9.36. The molecule has 0 aliphatic carbocycles. The number of halogens is 3. The molecule has 2 aromatic rings. The normalized spacial score (nSPS) is 10.3. The lowest BCUT2D eigenvalue weighted by Crippen LogP contribution is -1.97. The number of aromatic carboxylic acids is 1. The van der Waals surface area contributed by atoms with Gasteiger partial charge in [-0.15, -0.1) is 0 Å². The van der Waals surface area contributed by atoms with Crippen molar-refractivity contribution in [3.8, 4) is 11.5 Å². The minimum absolute atomic E-state index is 0.0811. The lowest BCUT2D eigenvalue weighted by Gasteiger charge is -2.07. The van der Waals surface area contributed by atoms with Crippen LogP contribution >= 0.6 is 15.9 Å². The van der Waals surface area contributed by atoms with E-state index >= 15 is 0 Å². The van der Waals surface area contributed by atoms with E-state index < -0.39 is 17.6 Å². The Morgan fingerprint density at radius 3 is 2.26 bits per heavy atom. The fourth-order valence-electron chi connectivity index (χ4n) is 1.41. The fraction of sp³-hybridized carbons (Fsp3) is 0. The van der Waals surface area contributed by atoms with Gasteiger partial charge in [0.05, 0.1) is 5.56 Å². The quantitative estimate of drug-likeness (QED) is 0.917. The molecule has 0 heterocycles. The molecule has 6 heteroatoms. The largest absolute Gasteiger partial charge is 0.478 e. The number of hydrogen-bond donors (Lipinski definition) is 1. The van der Waals surface area contributed by atoms with Crippen molar-refractivity contribution in [3.05, 3.63) is 58.1 Å². The van der Waals surface area contributed by atoms with E-state index in [0.29, 0.717) is 10.2 Å². The van der Waals surface area contributed by atoms with Crippen LogP contribution in [0, 0.1) is 11.6 Å². The SMILES string of the molecule is O=C(O)c1ccc(Oc2ccc(F)c(F)c2)cc1Br. The van der Waals surface area contributed by atoms with E-state index in [2.05, 4.69) is 15.9 Å². The summed E-state index contributed by atoms with van der Waals surface area (Å²) >= 11 is 3.09. The summed E-state index contributed by atoms with van der Waals surface area (Å²) in [5.74, 6) is -2.63. The van der Waals surface area contributed by atoms with Gasteiger partial charge >= 0.3 is 5.97 Å². The van der Waals surface area contributed by atoms with Crippen LogP contribution in [0.3, 0.4) is 0 Å². The highest BCUT2D eigenvalue weighted by Crippen LogP contribution is 2.27. The molecule has 0 saturated heterocycles. The van der Waals surface area contributed by atoms with E-state index in [1.807, 2.05) is 0 Å².